The highest BCUT2D eigenvalue weighted by atomic mass is 79.9. The molecule has 0 saturated carbocycles. The molecule has 2 amide bonds. The standard InChI is InChI=1S/C15H18BrNO4/c1-9-7-10(16)8-11-12(9)13(18)17(5-6-20-11)14(19)21-15(2,3)4/h7-8H,5-6H2,1-4H3. The van der Waals surface area contributed by atoms with Crippen molar-refractivity contribution in [1.29, 1.82) is 0 Å². The molecular formula is C15H18BrNO4. The van der Waals surface area contributed by atoms with E-state index in [-0.39, 0.29) is 19.1 Å². The second-order valence-electron chi connectivity index (χ2n) is 5.88. The average molecular weight is 356 g/mol. The van der Waals surface area contributed by atoms with Crippen LogP contribution in [0.15, 0.2) is 16.6 Å². The van der Waals surface area contributed by atoms with Crippen LogP contribution in [0.2, 0.25) is 0 Å². The van der Waals surface area contributed by atoms with Crippen LogP contribution in [-0.4, -0.2) is 35.7 Å². The zero-order chi connectivity index (χ0) is 15.8. The normalized spacial score (nSPS) is 15.1. The highest BCUT2D eigenvalue weighted by Crippen LogP contribution is 2.30. The summed E-state index contributed by atoms with van der Waals surface area (Å²) in [6.45, 7) is 7.51. The van der Waals surface area contributed by atoms with Crippen molar-refractivity contribution in [3.63, 3.8) is 0 Å². The van der Waals surface area contributed by atoms with E-state index in [0.29, 0.717) is 11.3 Å². The molecule has 0 bridgehead atoms. The van der Waals surface area contributed by atoms with E-state index in [1.165, 1.54) is 0 Å². The summed E-state index contributed by atoms with van der Waals surface area (Å²) < 4.78 is 11.7. The van der Waals surface area contributed by atoms with Crippen molar-refractivity contribution in [3.8, 4) is 5.75 Å². The minimum Gasteiger partial charge on any atom is -0.491 e. The van der Waals surface area contributed by atoms with Crippen LogP contribution >= 0.6 is 15.9 Å². The number of fused-ring (bicyclic) bond motifs is 1. The smallest absolute Gasteiger partial charge is 0.417 e. The number of rotatable bonds is 0. The highest BCUT2D eigenvalue weighted by molar-refractivity contribution is 9.10. The summed E-state index contributed by atoms with van der Waals surface area (Å²) in [5.41, 5.74) is 0.503. The van der Waals surface area contributed by atoms with Gasteiger partial charge < -0.3 is 9.47 Å². The predicted octanol–water partition coefficient (Wildman–Crippen LogP) is 3.53. The molecule has 0 aromatic heterocycles. The van der Waals surface area contributed by atoms with Crippen molar-refractivity contribution < 1.29 is 19.1 Å². The van der Waals surface area contributed by atoms with Crippen LogP contribution in [0.3, 0.4) is 0 Å². The molecule has 114 valence electrons. The van der Waals surface area contributed by atoms with Crippen LogP contribution in [0.25, 0.3) is 0 Å². The van der Waals surface area contributed by atoms with Crippen LogP contribution in [0.5, 0.6) is 5.75 Å². The van der Waals surface area contributed by atoms with Crippen molar-refractivity contribution in [2.24, 2.45) is 0 Å². The average Bonchev–Trinajstić information content (AvgIpc) is 2.46. The molecular weight excluding hydrogens is 338 g/mol. The first kappa shape index (κ1) is 15.8. The molecule has 0 fully saturated rings. The van der Waals surface area contributed by atoms with E-state index < -0.39 is 11.7 Å². The lowest BCUT2D eigenvalue weighted by molar-refractivity contribution is 0.0234. The Labute approximate surface area is 132 Å². The Kier molecular flexibility index (Phi) is 4.27. The molecule has 6 heteroatoms. The maximum Gasteiger partial charge on any atom is 0.417 e. The highest BCUT2D eigenvalue weighted by Gasteiger charge is 2.32. The van der Waals surface area contributed by atoms with Crippen molar-refractivity contribution in [2.45, 2.75) is 33.3 Å². The SMILES string of the molecule is Cc1cc(Br)cc2c1C(=O)N(C(=O)OC(C)(C)C)CCO2. The Balaban J connectivity index is 2.36. The number of hydrogen-bond donors (Lipinski definition) is 0. The molecule has 0 atom stereocenters. The molecule has 0 radical (unpaired) electrons. The lowest BCUT2D eigenvalue weighted by atomic mass is 10.1. The van der Waals surface area contributed by atoms with Gasteiger partial charge in [0.05, 0.1) is 12.1 Å². The van der Waals surface area contributed by atoms with Gasteiger partial charge in [0, 0.05) is 4.47 Å². The predicted molar refractivity (Wildman–Crippen MR) is 81.6 cm³/mol. The zero-order valence-corrected chi connectivity index (χ0v) is 14.1. The zero-order valence-electron chi connectivity index (χ0n) is 12.5. The summed E-state index contributed by atoms with van der Waals surface area (Å²) >= 11 is 3.37. The summed E-state index contributed by atoms with van der Waals surface area (Å²) in [5.74, 6) is 0.0969. The molecule has 1 aliphatic heterocycles. The third-order valence-electron chi connectivity index (χ3n) is 2.91. The molecule has 1 aromatic rings. The summed E-state index contributed by atoms with van der Waals surface area (Å²) in [6, 6.07) is 3.55. The molecule has 0 N–H and O–H groups in total. The van der Waals surface area contributed by atoms with E-state index in [1.54, 1.807) is 26.8 Å². The fraction of sp³-hybridized carbons (Fsp3) is 0.467. The van der Waals surface area contributed by atoms with Crippen LogP contribution in [0, 0.1) is 6.92 Å². The molecule has 1 aliphatic rings. The van der Waals surface area contributed by atoms with Gasteiger partial charge in [-0.05, 0) is 45.4 Å². The Bertz CT molecular complexity index is 592. The van der Waals surface area contributed by atoms with E-state index >= 15 is 0 Å². The quantitative estimate of drug-likeness (QED) is 0.714. The van der Waals surface area contributed by atoms with Gasteiger partial charge in [0.25, 0.3) is 5.91 Å². The van der Waals surface area contributed by atoms with E-state index in [4.69, 9.17) is 9.47 Å². The Morgan fingerprint density at radius 3 is 2.67 bits per heavy atom. The Morgan fingerprint density at radius 1 is 1.38 bits per heavy atom. The van der Waals surface area contributed by atoms with Gasteiger partial charge >= 0.3 is 6.09 Å². The van der Waals surface area contributed by atoms with Gasteiger partial charge in [0.1, 0.15) is 18.0 Å². The van der Waals surface area contributed by atoms with E-state index in [2.05, 4.69) is 15.9 Å². The number of amides is 2. The minimum atomic E-state index is -0.651. The first-order valence-corrected chi connectivity index (χ1v) is 7.46. The van der Waals surface area contributed by atoms with Crippen LogP contribution in [0.1, 0.15) is 36.7 Å². The van der Waals surface area contributed by atoms with Gasteiger partial charge in [-0.3, -0.25) is 4.79 Å². The lowest BCUT2D eigenvalue weighted by Crippen LogP contribution is -2.41. The molecule has 2 rings (SSSR count). The number of imide groups is 1. The van der Waals surface area contributed by atoms with Gasteiger partial charge in [0.15, 0.2) is 0 Å². The monoisotopic (exact) mass is 355 g/mol. The molecule has 0 saturated heterocycles. The molecule has 0 aliphatic carbocycles. The van der Waals surface area contributed by atoms with Crippen LogP contribution in [-0.2, 0) is 4.74 Å². The maximum atomic E-state index is 12.6. The van der Waals surface area contributed by atoms with Crippen LogP contribution < -0.4 is 4.74 Å². The number of carbonyl (C=O) groups is 2. The number of aryl methyl sites for hydroxylation is 1. The van der Waals surface area contributed by atoms with Gasteiger partial charge in [0.2, 0.25) is 0 Å². The number of hydrogen-bond acceptors (Lipinski definition) is 4. The molecule has 0 unspecified atom stereocenters. The summed E-state index contributed by atoms with van der Waals surface area (Å²) in [7, 11) is 0. The van der Waals surface area contributed by atoms with E-state index in [9.17, 15) is 9.59 Å². The number of carbonyl (C=O) groups excluding carboxylic acids is 2. The van der Waals surface area contributed by atoms with Crippen molar-refractivity contribution in [3.05, 3.63) is 27.7 Å². The second kappa shape index (κ2) is 5.67. The maximum absolute atomic E-state index is 12.6. The molecule has 1 aromatic carbocycles. The van der Waals surface area contributed by atoms with E-state index in [0.717, 1.165) is 14.9 Å². The van der Waals surface area contributed by atoms with Gasteiger partial charge in [-0.15, -0.1) is 0 Å². The lowest BCUT2D eigenvalue weighted by Gasteiger charge is -2.25. The van der Waals surface area contributed by atoms with E-state index in [1.807, 2.05) is 13.0 Å². The fourth-order valence-corrected chi connectivity index (χ4v) is 2.63. The molecule has 21 heavy (non-hydrogen) atoms. The number of benzene rings is 1. The molecule has 5 nitrogen and oxygen atoms in total. The van der Waals surface area contributed by atoms with Crippen LogP contribution in [0.4, 0.5) is 4.79 Å². The van der Waals surface area contributed by atoms with Gasteiger partial charge in [-0.25, -0.2) is 9.69 Å². The number of nitrogens with zero attached hydrogens (tertiary/aromatic N) is 1. The van der Waals surface area contributed by atoms with Gasteiger partial charge in [-0.1, -0.05) is 15.9 Å². The first-order chi connectivity index (χ1) is 9.69. The summed E-state index contributed by atoms with van der Waals surface area (Å²) in [4.78, 5) is 25.9. The topological polar surface area (TPSA) is 55.8 Å². The largest absolute Gasteiger partial charge is 0.491 e. The van der Waals surface area contributed by atoms with Crippen molar-refractivity contribution in [1.82, 2.24) is 4.90 Å². The minimum absolute atomic E-state index is 0.166. The third kappa shape index (κ3) is 3.56. The number of ether oxygens (including phenoxy) is 2. The second-order valence-corrected chi connectivity index (χ2v) is 6.80. The van der Waals surface area contributed by atoms with Crippen molar-refractivity contribution >= 4 is 27.9 Å². The Morgan fingerprint density at radius 2 is 2.05 bits per heavy atom. The molecule has 1 heterocycles. The Hall–Kier alpha value is -1.56. The fourth-order valence-electron chi connectivity index (χ4n) is 2.07. The number of halogens is 1. The third-order valence-corrected chi connectivity index (χ3v) is 3.37. The first-order valence-electron chi connectivity index (χ1n) is 6.67. The summed E-state index contributed by atoms with van der Waals surface area (Å²) in [5, 5.41) is 0. The van der Waals surface area contributed by atoms with Gasteiger partial charge in [-0.2, -0.15) is 0 Å². The molecule has 0 spiro atoms. The summed E-state index contributed by atoms with van der Waals surface area (Å²) in [6.07, 6.45) is -0.647. The van der Waals surface area contributed by atoms with Crippen molar-refractivity contribution in [2.75, 3.05) is 13.2 Å².